The van der Waals surface area contributed by atoms with Crippen LogP contribution in [0.2, 0.25) is 10.0 Å². The molecule has 1 heterocycles. The number of benzene rings is 1. The Bertz CT molecular complexity index is 780. The summed E-state index contributed by atoms with van der Waals surface area (Å²) < 4.78 is 0. The molecule has 1 N–H and O–H groups in total. The van der Waals surface area contributed by atoms with Gasteiger partial charge in [-0.3, -0.25) is 9.59 Å². The van der Waals surface area contributed by atoms with Crippen LogP contribution in [0, 0.1) is 0 Å². The number of carbonyl (C=O) groups excluding carboxylic acids is 2. The van der Waals surface area contributed by atoms with Crippen molar-refractivity contribution in [3.8, 4) is 0 Å². The van der Waals surface area contributed by atoms with Gasteiger partial charge in [0.1, 0.15) is 10.7 Å². The Balaban J connectivity index is 2.12. The molecule has 0 fully saturated rings. The predicted octanol–water partition coefficient (Wildman–Crippen LogP) is 4.64. The fraction of sp³-hybridized carbons (Fsp3) is 0.389. The van der Waals surface area contributed by atoms with Crippen molar-refractivity contribution in [2.45, 2.75) is 33.2 Å². The summed E-state index contributed by atoms with van der Waals surface area (Å²) in [5.74, 6) is -0.329. The van der Waals surface area contributed by atoms with Gasteiger partial charge in [0.05, 0.1) is 16.6 Å². The van der Waals surface area contributed by atoms with Gasteiger partial charge in [0.25, 0.3) is 11.8 Å². The highest BCUT2D eigenvalue weighted by Gasteiger charge is 2.19. The molecule has 2 amide bonds. The molecule has 0 aliphatic heterocycles. The van der Waals surface area contributed by atoms with Gasteiger partial charge in [-0.25, -0.2) is 4.98 Å². The molecule has 2 rings (SSSR count). The van der Waals surface area contributed by atoms with Crippen LogP contribution in [0.1, 0.15) is 52.5 Å². The van der Waals surface area contributed by atoms with E-state index in [4.69, 9.17) is 23.2 Å². The Morgan fingerprint density at radius 2 is 1.96 bits per heavy atom. The van der Waals surface area contributed by atoms with Crippen LogP contribution in [-0.4, -0.2) is 34.8 Å². The molecule has 0 aliphatic carbocycles. The van der Waals surface area contributed by atoms with Crippen molar-refractivity contribution in [1.82, 2.24) is 15.2 Å². The summed E-state index contributed by atoms with van der Waals surface area (Å²) in [5, 5.41) is 5.99. The van der Waals surface area contributed by atoms with Crippen molar-refractivity contribution < 1.29 is 9.59 Å². The maximum Gasteiger partial charge on any atom is 0.270 e. The number of amides is 2. The first-order valence-electron chi connectivity index (χ1n) is 8.43. The second-order valence-corrected chi connectivity index (χ2v) is 7.50. The smallest absolute Gasteiger partial charge is 0.270 e. The monoisotopic (exact) mass is 413 g/mol. The second kappa shape index (κ2) is 9.90. The maximum absolute atomic E-state index is 12.8. The molecule has 140 valence electrons. The van der Waals surface area contributed by atoms with E-state index in [0.29, 0.717) is 45.9 Å². The third-order valence-corrected chi connectivity index (χ3v) is 5.17. The highest BCUT2D eigenvalue weighted by molar-refractivity contribution is 7.09. The summed E-state index contributed by atoms with van der Waals surface area (Å²) in [5.41, 5.74) is 0.863. The molecule has 1 aromatic carbocycles. The first-order chi connectivity index (χ1) is 12.5. The van der Waals surface area contributed by atoms with Crippen LogP contribution in [0.3, 0.4) is 0 Å². The molecule has 26 heavy (non-hydrogen) atoms. The zero-order valence-electron chi connectivity index (χ0n) is 14.7. The highest BCUT2D eigenvalue weighted by atomic mass is 35.5. The van der Waals surface area contributed by atoms with E-state index in [1.54, 1.807) is 28.5 Å². The Morgan fingerprint density at radius 3 is 2.62 bits per heavy atom. The number of carbonyl (C=O) groups is 2. The fourth-order valence-corrected chi connectivity index (χ4v) is 3.40. The Morgan fingerprint density at radius 1 is 1.19 bits per heavy atom. The minimum absolute atomic E-state index is 0.141. The highest BCUT2D eigenvalue weighted by Crippen LogP contribution is 2.24. The van der Waals surface area contributed by atoms with Crippen LogP contribution >= 0.6 is 34.5 Å². The molecule has 1 aromatic heterocycles. The van der Waals surface area contributed by atoms with Gasteiger partial charge < -0.3 is 10.2 Å². The minimum Gasteiger partial charge on any atom is -0.351 e. The molecular weight excluding hydrogens is 393 g/mol. The summed E-state index contributed by atoms with van der Waals surface area (Å²) in [7, 11) is 0. The normalized spacial score (nSPS) is 10.6. The van der Waals surface area contributed by atoms with E-state index in [1.165, 1.54) is 11.3 Å². The summed E-state index contributed by atoms with van der Waals surface area (Å²) >= 11 is 13.3. The number of nitrogens with zero attached hydrogens (tertiary/aromatic N) is 2. The van der Waals surface area contributed by atoms with Gasteiger partial charge in [-0.15, -0.1) is 11.3 Å². The lowest BCUT2D eigenvalue weighted by Crippen LogP contribution is -2.31. The second-order valence-electron chi connectivity index (χ2n) is 5.74. The molecule has 5 nitrogen and oxygen atoms in total. The number of hydrogen-bond acceptors (Lipinski definition) is 4. The van der Waals surface area contributed by atoms with Crippen molar-refractivity contribution in [2.75, 3.05) is 13.1 Å². The van der Waals surface area contributed by atoms with Crippen LogP contribution in [0.15, 0.2) is 23.6 Å². The van der Waals surface area contributed by atoms with Crippen LogP contribution < -0.4 is 5.32 Å². The standard InChI is InChI=1S/C18H21Cl2N3O2S/c1-3-7-21-17(24)15-11-26-16(22-15)10-23(8-4-2)18(25)12-5-6-13(19)14(20)9-12/h5-6,9,11H,3-4,7-8,10H2,1-2H3,(H,21,24). The van der Waals surface area contributed by atoms with Crippen molar-refractivity contribution in [3.05, 3.63) is 49.9 Å². The summed E-state index contributed by atoms with van der Waals surface area (Å²) in [6, 6.07) is 4.84. The summed E-state index contributed by atoms with van der Waals surface area (Å²) in [6.45, 7) is 5.53. The van der Waals surface area contributed by atoms with E-state index in [-0.39, 0.29) is 11.8 Å². The molecule has 0 saturated heterocycles. The molecule has 0 spiro atoms. The molecule has 0 saturated carbocycles. The third kappa shape index (κ3) is 5.43. The zero-order valence-corrected chi connectivity index (χ0v) is 17.0. The van der Waals surface area contributed by atoms with Crippen LogP contribution in [0.5, 0.6) is 0 Å². The first kappa shape index (κ1) is 20.7. The maximum atomic E-state index is 12.8. The van der Waals surface area contributed by atoms with Crippen LogP contribution in [0.25, 0.3) is 0 Å². The van der Waals surface area contributed by atoms with Gasteiger partial charge in [0.15, 0.2) is 0 Å². The lowest BCUT2D eigenvalue weighted by molar-refractivity contribution is 0.0743. The van der Waals surface area contributed by atoms with E-state index in [0.717, 1.165) is 12.8 Å². The Hall–Kier alpha value is -1.63. The molecule has 0 atom stereocenters. The van der Waals surface area contributed by atoms with E-state index in [2.05, 4.69) is 10.3 Å². The quantitative estimate of drug-likeness (QED) is 0.685. The van der Waals surface area contributed by atoms with Crippen molar-refractivity contribution in [1.29, 1.82) is 0 Å². The molecule has 0 radical (unpaired) electrons. The number of nitrogens with one attached hydrogen (secondary N) is 1. The number of halogens is 2. The van der Waals surface area contributed by atoms with Gasteiger partial charge in [-0.05, 0) is 31.0 Å². The molecular formula is C18H21Cl2N3O2S. The van der Waals surface area contributed by atoms with Gasteiger partial charge in [-0.2, -0.15) is 0 Å². The van der Waals surface area contributed by atoms with E-state index >= 15 is 0 Å². The number of thiazole rings is 1. The van der Waals surface area contributed by atoms with Gasteiger partial charge >= 0.3 is 0 Å². The van der Waals surface area contributed by atoms with E-state index < -0.39 is 0 Å². The predicted molar refractivity (Wildman–Crippen MR) is 106 cm³/mol. The summed E-state index contributed by atoms with van der Waals surface area (Å²) in [4.78, 5) is 30.8. The number of rotatable bonds is 8. The van der Waals surface area contributed by atoms with Gasteiger partial charge in [-0.1, -0.05) is 37.0 Å². The topological polar surface area (TPSA) is 62.3 Å². The molecule has 2 aromatic rings. The van der Waals surface area contributed by atoms with Crippen LogP contribution in [-0.2, 0) is 6.54 Å². The lowest BCUT2D eigenvalue weighted by atomic mass is 10.2. The number of aromatic nitrogens is 1. The van der Waals surface area contributed by atoms with E-state index in [1.807, 2.05) is 13.8 Å². The fourth-order valence-electron chi connectivity index (χ4n) is 2.31. The van der Waals surface area contributed by atoms with Crippen LogP contribution in [0.4, 0.5) is 0 Å². The SMILES string of the molecule is CCCNC(=O)c1csc(CN(CCC)C(=O)c2ccc(Cl)c(Cl)c2)n1. The average Bonchev–Trinajstić information content (AvgIpc) is 3.09. The van der Waals surface area contributed by atoms with E-state index in [9.17, 15) is 9.59 Å². The average molecular weight is 414 g/mol. The largest absolute Gasteiger partial charge is 0.351 e. The summed E-state index contributed by atoms with van der Waals surface area (Å²) in [6.07, 6.45) is 1.67. The molecule has 0 aliphatic rings. The van der Waals surface area contributed by atoms with Crippen molar-refractivity contribution in [3.63, 3.8) is 0 Å². The molecule has 0 bridgehead atoms. The van der Waals surface area contributed by atoms with Gasteiger partial charge in [0, 0.05) is 24.0 Å². The number of hydrogen-bond donors (Lipinski definition) is 1. The molecule has 8 heteroatoms. The third-order valence-electron chi connectivity index (χ3n) is 3.59. The Kier molecular flexibility index (Phi) is 7.87. The minimum atomic E-state index is -0.188. The van der Waals surface area contributed by atoms with Crippen molar-refractivity contribution in [2.24, 2.45) is 0 Å². The lowest BCUT2D eigenvalue weighted by Gasteiger charge is -2.21. The Labute approximate surface area is 167 Å². The zero-order chi connectivity index (χ0) is 19.1. The first-order valence-corrected chi connectivity index (χ1v) is 10.1. The van der Waals surface area contributed by atoms with Crippen molar-refractivity contribution >= 4 is 46.4 Å². The molecule has 0 unspecified atom stereocenters. The van der Waals surface area contributed by atoms with Gasteiger partial charge in [0.2, 0.25) is 0 Å².